The molecule has 0 bridgehead atoms. The quantitative estimate of drug-likeness (QED) is 0.388. The van der Waals surface area contributed by atoms with E-state index in [0.717, 1.165) is 43.0 Å². The van der Waals surface area contributed by atoms with Gasteiger partial charge in [0.05, 0.1) is 43.5 Å². The lowest BCUT2D eigenvalue weighted by Crippen LogP contribution is -2.41. The summed E-state index contributed by atoms with van der Waals surface area (Å²) in [4.78, 5) is 42.0. The number of benzene rings is 3. The highest BCUT2D eigenvalue weighted by molar-refractivity contribution is 5.94. The summed E-state index contributed by atoms with van der Waals surface area (Å²) in [5.41, 5.74) is 1.42. The van der Waals surface area contributed by atoms with Crippen molar-refractivity contribution in [2.24, 2.45) is 0 Å². The van der Waals surface area contributed by atoms with Crippen molar-refractivity contribution < 1.29 is 14.3 Å². The summed E-state index contributed by atoms with van der Waals surface area (Å²) in [5, 5.41) is 3.39. The minimum atomic E-state index is -0.469. The Morgan fingerprint density at radius 3 is 2.42 bits per heavy atom. The first-order valence-electron chi connectivity index (χ1n) is 12.6. The van der Waals surface area contributed by atoms with Gasteiger partial charge in [0.25, 0.3) is 11.5 Å². The monoisotopic (exact) mass is 514 g/mol. The molecule has 0 unspecified atom stereocenters. The molecule has 0 saturated carbocycles. The number of carbonyl (C=O) groups excluding carboxylic acids is 1. The van der Waals surface area contributed by atoms with Crippen molar-refractivity contribution in [2.45, 2.75) is 6.54 Å². The second-order valence-electron chi connectivity index (χ2n) is 9.11. The van der Waals surface area contributed by atoms with E-state index < -0.39 is 11.2 Å². The van der Waals surface area contributed by atoms with Crippen LogP contribution >= 0.6 is 0 Å². The number of carbonyl (C=O) groups is 1. The van der Waals surface area contributed by atoms with Crippen LogP contribution in [0.4, 0.5) is 0 Å². The number of ether oxygens (including phenoxy) is 2. The van der Waals surface area contributed by atoms with Crippen LogP contribution in [0.25, 0.3) is 16.6 Å². The number of amides is 1. The van der Waals surface area contributed by atoms with Crippen LogP contribution in [0.3, 0.4) is 0 Å². The zero-order chi connectivity index (χ0) is 26.5. The zero-order valence-electron chi connectivity index (χ0n) is 21.3. The van der Waals surface area contributed by atoms with Gasteiger partial charge in [-0.2, -0.15) is 0 Å². The molecule has 1 aliphatic rings. The van der Waals surface area contributed by atoms with Crippen LogP contribution in [0.1, 0.15) is 15.9 Å². The molecule has 0 radical (unpaired) electrons. The minimum Gasteiger partial charge on any atom is -0.495 e. The third-order valence-corrected chi connectivity index (χ3v) is 6.75. The van der Waals surface area contributed by atoms with Crippen molar-refractivity contribution in [2.75, 3.05) is 46.5 Å². The predicted molar refractivity (Wildman–Crippen MR) is 145 cm³/mol. The summed E-state index contributed by atoms with van der Waals surface area (Å²) in [5.74, 6) is 0.287. The van der Waals surface area contributed by atoms with Gasteiger partial charge in [0.2, 0.25) is 0 Å². The molecule has 9 nitrogen and oxygen atoms in total. The van der Waals surface area contributed by atoms with Crippen LogP contribution in [-0.4, -0.2) is 66.4 Å². The van der Waals surface area contributed by atoms with Crippen LogP contribution in [0.15, 0.2) is 82.4 Å². The van der Waals surface area contributed by atoms with Gasteiger partial charge in [-0.05, 0) is 42.0 Å². The molecular weight excluding hydrogens is 484 g/mol. The molecule has 1 saturated heterocycles. The number of para-hydroxylation sites is 3. The summed E-state index contributed by atoms with van der Waals surface area (Å²) in [6.45, 7) is 4.78. The maximum absolute atomic E-state index is 13.7. The van der Waals surface area contributed by atoms with Gasteiger partial charge in [-0.1, -0.05) is 36.4 Å². The number of hydrogen-bond acceptors (Lipinski definition) is 6. The number of nitrogens with zero attached hydrogens (tertiary/aromatic N) is 3. The first kappa shape index (κ1) is 25.4. The Morgan fingerprint density at radius 1 is 0.947 bits per heavy atom. The summed E-state index contributed by atoms with van der Waals surface area (Å²) in [6.07, 6.45) is 0. The number of fused-ring (bicyclic) bond motifs is 1. The third kappa shape index (κ3) is 5.25. The highest BCUT2D eigenvalue weighted by Gasteiger charge is 2.17. The van der Waals surface area contributed by atoms with Gasteiger partial charge in [0.1, 0.15) is 5.75 Å². The number of morpholine rings is 1. The highest BCUT2D eigenvalue weighted by Crippen LogP contribution is 2.20. The summed E-state index contributed by atoms with van der Waals surface area (Å²) >= 11 is 0. The molecule has 196 valence electrons. The molecule has 2 heterocycles. The Hall–Kier alpha value is -4.21. The first-order valence-corrected chi connectivity index (χ1v) is 12.6. The summed E-state index contributed by atoms with van der Waals surface area (Å²) in [7, 11) is 1.50. The Balaban J connectivity index is 1.40. The van der Waals surface area contributed by atoms with E-state index in [0.29, 0.717) is 34.4 Å². The third-order valence-electron chi connectivity index (χ3n) is 6.75. The van der Waals surface area contributed by atoms with Gasteiger partial charge < -0.3 is 14.8 Å². The molecule has 1 fully saturated rings. The normalized spacial score (nSPS) is 13.9. The number of nitrogens with one attached hydrogen (secondary N) is 1. The zero-order valence-corrected chi connectivity index (χ0v) is 21.3. The van der Waals surface area contributed by atoms with Crippen molar-refractivity contribution in [3.05, 3.63) is 105 Å². The smallest absolute Gasteiger partial charge is 0.336 e. The fourth-order valence-electron chi connectivity index (χ4n) is 4.70. The molecule has 1 aliphatic heterocycles. The molecule has 1 amide bonds. The SMILES string of the molecule is COc1ccccc1-n1c(=O)c2ccccc2n(Cc2ccc(C(=O)NCCN3CCOCC3)cc2)c1=O. The molecule has 3 aromatic carbocycles. The summed E-state index contributed by atoms with van der Waals surface area (Å²) in [6, 6.07) is 21.2. The van der Waals surface area contributed by atoms with Crippen LogP contribution in [0, 0.1) is 0 Å². The lowest BCUT2D eigenvalue weighted by atomic mass is 10.1. The van der Waals surface area contributed by atoms with Gasteiger partial charge in [-0.25, -0.2) is 9.36 Å². The van der Waals surface area contributed by atoms with Gasteiger partial charge in [-0.15, -0.1) is 0 Å². The lowest BCUT2D eigenvalue weighted by molar-refractivity contribution is 0.0383. The minimum absolute atomic E-state index is 0.142. The molecule has 5 rings (SSSR count). The van der Waals surface area contributed by atoms with Crippen LogP contribution < -0.4 is 21.3 Å². The Labute approximate surface area is 219 Å². The largest absolute Gasteiger partial charge is 0.495 e. The van der Waals surface area contributed by atoms with Crippen molar-refractivity contribution in [1.82, 2.24) is 19.4 Å². The highest BCUT2D eigenvalue weighted by atomic mass is 16.5. The average Bonchev–Trinajstić information content (AvgIpc) is 2.96. The molecule has 38 heavy (non-hydrogen) atoms. The van der Waals surface area contributed by atoms with E-state index in [-0.39, 0.29) is 12.5 Å². The van der Waals surface area contributed by atoms with Gasteiger partial charge in [0.15, 0.2) is 0 Å². The molecule has 0 aliphatic carbocycles. The standard InChI is InChI=1S/C29H30N4O5/c1-37-26-9-5-4-8-25(26)33-28(35)23-6-2-3-7-24(23)32(29(33)36)20-21-10-12-22(13-11-21)27(34)30-14-15-31-16-18-38-19-17-31/h2-13H,14-20H2,1H3,(H,30,34). The van der Waals surface area contributed by atoms with E-state index in [4.69, 9.17) is 9.47 Å². The second-order valence-corrected chi connectivity index (χ2v) is 9.11. The van der Waals surface area contributed by atoms with E-state index in [9.17, 15) is 14.4 Å². The van der Waals surface area contributed by atoms with E-state index in [1.807, 2.05) is 12.1 Å². The van der Waals surface area contributed by atoms with E-state index >= 15 is 0 Å². The lowest BCUT2D eigenvalue weighted by Gasteiger charge is -2.26. The van der Waals surface area contributed by atoms with Crippen LogP contribution in [0.2, 0.25) is 0 Å². The molecule has 1 N–H and O–H groups in total. The molecule has 0 spiro atoms. The first-order chi connectivity index (χ1) is 18.6. The summed E-state index contributed by atoms with van der Waals surface area (Å²) < 4.78 is 13.5. The van der Waals surface area contributed by atoms with Crippen molar-refractivity contribution >= 4 is 16.8 Å². The fraction of sp³-hybridized carbons (Fsp3) is 0.276. The molecule has 0 atom stereocenters. The Kier molecular flexibility index (Phi) is 7.67. The Morgan fingerprint density at radius 2 is 1.66 bits per heavy atom. The molecule has 4 aromatic rings. The maximum Gasteiger partial charge on any atom is 0.336 e. The van der Waals surface area contributed by atoms with Gasteiger partial charge >= 0.3 is 5.69 Å². The topological polar surface area (TPSA) is 94.8 Å². The van der Waals surface area contributed by atoms with Crippen LogP contribution in [-0.2, 0) is 11.3 Å². The average molecular weight is 515 g/mol. The number of rotatable bonds is 8. The van der Waals surface area contributed by atoms with Gasteiger partial charge in [-0.3, -0.25) is 19.1 Å². The number of hydrogen-bond donors (Lipinski definition) is 1. The predicted octanol–water partition coefficient (Wildman–Crippen LogP) is 2.27. The number of methoxy groups -OCH3 is 1. The van der Waals surface area contributed by atoms with E-state index in [1.54, 1.807) is 65.2 Å². The van der Waals surface area contributed by atoms with E-state index in [2.05, 4.69) is 10.2 Å². The molecular formula is C29H30N4O5. The van der Waals surface area contributed by atoms with Crippen LogP contribution in [0.5, 0.6) is 5.75 Å². The second kappa shape index (κ2) is 11.5. The molecule has 9 heteroatoms. The fourth-order valence-corrected chi connectivity index (χ4v) is 4.70. The van der Waals surface area contributed by atoms with Crippen molar-refractivity contribution in [1.29, 1.82) is 0 Å². The van der Waals surface area contributed by atoms with Gasteiger partial charge in [0, 0.05) is 31.7 Å². The maximum atomic E-state index is 13.7. The molecule has 1 aromatic heterocycles. The van der Waals surface area contributed by atoms with E-state index in [1.165, 1.54) is 7.11 Å². The van der Waals surface area contributed by atoms with Crippen molar-refractivity contribution in [3.63, 3.8) is 0 Å². The number of aromatic nitrogens is 2. The van der Waals surface area contributed by atoms with Crippen molar-refractivity contribution in [3.8, 4) is 11.4 Å². The Bertz CT molecular complexity index is 1550.